The van der Waals surface area contributed by atoms with Gasteiger partial charge in [-0.05, 0) is 48.7 Å². The van der Waals surface area contributed by atoms with Crippen LogP contribution in [0.5, 0.6) is 0 Å². The fraction of sp³-hybridized carbons (Fsp3) is 0.217. The number of aryl methyl sites for hydroxylation is 1. The van der Waals surface area contributed by atoms with Crippen molar-refractivity contribution in [2.45, 2.75) is 24.8 Å². The summed E-state index contributed by atoms with van der Waals surface area (Å²) in [4.78, 5) is 16.8. The first kappa shape index (κ1) is 23.8. The van der Waals surface area contributed by atoms with Crippen LogP contribution < -0.4 is 10.0 Å². The Bertz CT molecular complexity index is 1200. The number of nitrogens with one attached hydrogen (secondary N) is 2. The van der Waals surface area contributed by atoms with E-state index in [1.54, 1.807) is 30.5 Å². The van der Waals surface area contributed by atoms with Crippen LogP contribution in [0.1, 0.15) is 16.7 Å². The number of rotatable bonds is 10. The van der Waals surface area contributed by atoms with E-state index in [0.717, 1.165) is 10.8 Å². The van der Waals surface area contributed by atoms with Crippen molar-refractivity contribution in [2.75, 3.05) is 17.6 Å². The largest absolute Gasteiger partial charge is 0.325 e. The van der Waals surface area contributed by atoms with E-state index in [-0.39, 0.29) is 24.0 Å². The second kappa shape index (κ2) is 10.6. The number of aromatic nitrogens is 2. The van der Waals surface area contributed by atoms with Crippen molar-refractivity contribution in [1.29, 1.82) is 0 Å². The first-order chi connectivity index (χ1) is 15.3. The summed E-state index contributed by atoms with van der Waals surface area (Å²) < 4.78 is 28.3. The van der Waals surface area contributed by atoms with Crippen molar-refractivity contribution in [1.82, 2.24) is 14.3 Å². The van der Waals surface area contributed by atoms with Crippen molar-refractivity contribution in [2.24, 2.45) is 0 Å². The van der Waals surface area contributed by atoms with Gasteiger partial charge >= 0.3 is 0 Å². The standard InChI is InChI=1S/C23H26N4O3S2/c1-4-12-25-32(29,30)16-19-8-10-20(11-9-19)26-22(28)15-31-23-24-13-14-27(23)21-7-5-6-17(2)18(21)3/h4-11,13-14,25H,1,12,15-16H2,2-3H3,(H,26,28). The maximum Gasteiger partial charge on any atom is 0.234 e. The highest BCUT2D eigenvalue weighted by molar-refractivity contribution is 7.99. The Hall–Kier alpha value is -2.88. The topological polar surface area (TPSA) is 93.1 Å². The molecule has 0 bridgehead atoms. The van der Waals surface area contributed by atoms with E-state index in [1.165, 1.54) is 29.0 Å². The normalized spacial score (nSPS) is 11.3. The minimum Gasteiger partial charge on any atom is -0.325 e. The average Bonchev–Trinajstić information content (AvgIpc) is 3.22. The fourth-order valence-corrected chi connectivity index (χ4v) is 4.92. The minimum absolute atomic E-state index is 0.133. The predicted octanol–water partition coefficient (Wildman–Crippen LogP) is 3.83. The second-order valence-corrected chi connectivity index (χ2v) is 9.98. The summed E-state index contributed by atoms with van der Waals surface area (Å²) in [5, 5.41) is 3.57. The lowest BCUT2D eigenvalue weighted by Gasteiger charge is -2.12. The number of imidazole rings is 1. The number of benzene rings is 2. The molecule has 0 spiro atoms. The van der Waals surface area contributed by atoms with E-state index in [0.29, 0.717) is 11.3 Å². The van der Waals surface area contributed by atoms with Crippen molar-refractivity contribution >= 4 is 33.4 Å². The maximum absolute atomic E-state index is 12.4. The number of carbonyl (C=O) groups is 1. The Balaban J connectivity index is 1.58. The molecule has 9 heteroatoms. The summed E-state index contributed by atoms with van der Waals surface area (Å²) in [6.07, 6.45) is 5.10. The lowest BCUT2D eigenvalue weighted by molar-refractivity contribution is -0.113. The third-order valence-electron chi connectivity index (χ3n) is 4.82. The van der Waals surface area contributed by atoms with Gasteiger partial charge in [-0.2, -0.15) is 0 Å². The van der Waals surface area contributed by atoms with Crippen LogP contribution in [-0.4, -0.2) is 36.2 Å². The van der Waals surface area contributed by atoms with Crippen molar-refractivity contribution < 1.29 is 13.2 Å². The third-order valence-corrected chi connectivity index (χ3v) is 7.10. The Morgan fingerprint density at radius 1 is 1.19 bits per heavy atom. The highest BCUT2D eigenvalue weighted by Gasteiger charge is 2.13. The molecule has 0 aliphatic rings. The van der Waals surface area contributed by atoms with E-state index in [2.05, 4.69) is 41.5 Å². The van der Waals surface area contributed by atoms with Gasteiger partial charge in [0.1, 0.15) is 0 Å². The first-order valence-electron chi connectivity index (χ1n) is 9.99. The van der Waals surface area contributed by atoms with Gasteiger partial charge in [0, 0.05) is 24.6 Å². The van der Waals surface area contributed by atoms with Crippen molar-refractivity contribution in [3.8, 4) is 5.69 Å². The Kier molecular flexibility index (Phi) is 7.89. The zero-order valence-electron chi connectivity index (χ0n) is 18.0. The van der Waals surface area contributed by atoms with Gasteiger partial charge in [-0.15, -0.1) is 6.58 Å². The molecule has 0 saturated carbocycles. The van der Waals surface area contributed by atoms with E-state index < -0.39 is 10.0 Å². The lowest BCUT2D eigenvalue weighted by atomic mass is 10.1. The molecule has 0 radical (unpaired) electrons. The zero-order valence-corrected chi connectivity index (χ0v) is 19.7. The Morgan fingerprint density at radius 3 is 2.66 bits per heavy atom. The van der Waals surface area contributed by atoms with Crippen LogP contribution in [0.4, 0.5) is 5.69 Å². The van der Waals surface area contributed by atoms with Crippen molar-refractivity contribution in [3.63, 3.8) is 0 Å². The molecule has 0 unspecified atom stereocenters. The zero-order chi connectivity index (χ0) is 23.1. The van der Waals surface area contributed by atoms with Gasteiger partial charge in [-0.3, -0.25) is 9.36 Å². The molecule has 7 nitrogen and oxygen atoms in total. The molecule has 1 aromatic heterocycles. The molecule has 0 fully saturated rings. The number of amides is 1. The van der Waals surface area contributed by atoms with Crippen LogP contribution in [0.15, 0.2) is 72.7 Å². The van der Waals surface area contributed by atoms with E-state index in [4.69, 9.17) is 0 Å². The SMILES string of the molecule is C=CCNS(=O)(=O)Cc1ccc(NC(=O)CSc2nccn2-c2cccc(C)c2C)cc1. The van der Waals surface area contributed by atoms with Gasteiger partial charge in [-0.25, -0.2) is 18.1 Å². The molecule has 2 N–H and O–H groups in total. The Morgan fingerprint density at radius 2 is 1.94 bits per heavy atom. The molecule has 3 aromatic rings. The van der Waals surface area contributed by atoms with Gasteiger partial charge in [0.2, 0.25) is 15.9 Å². The van der Waals surface area contributed by atoms with Gasteiger partial charge in [0.15, 0.2) is 5.16 Å². The number of sulfonamides is 1. The molecule has 1 heterocycles. The number of anilines is 1. The number of carbonyl (C=O) groups excluding carboxylic acids is 1. The summed E-state index contributed by atoms with van der Waals surface area (Å²) in [6.45, 7) is 7.81. The molecule has 0 atom stereocenters. The second-order valence-electron chi connectivity index (χ2n) is 7.23. The molecule has 32 heavy (non-hydrogen) atoms. The predicted molar refractivity (Wildman–Crippen MR) is 130 cm³/mol. The van der Waals surface area contributed by atoms with Gasteiger partial charge < -0.3 is 5.32 Å². The maximum atomic E-state index is 12.4. The van der Waals surface area contributed by atoms with Gasteiger partial charge in [0.05, 0.1) is 17.2 Å². The third kappa shape index (κ3) is 6.32. The molecule has 1 amide bonds. The molecule has 0 aliphatic heterocycles. The molecule has 0 aliphatic carbocycles. The van der Waals surface area contributed by atoms with Crippen LogP contribution >= 0.6 is 11.8 Å². The highest BCUT2D eigenvalue weighted by atomic mass is 32.2. The number of hydrogen-bond acceptors (Lipinski definition) is 5. The van der Waals surface area contributed by atoms with Crippen LogP contribution in [0, 0.1) is 13.8 Å². The summed E-state index contributed by atoms with van der Waals surface area (Å²) in [6, 6.07) is 12.8. The molecule has 3 rings (SSSR count). The van der Waals surface area contributed by atoms with Gasteiger partial charge in [-0.1, -0.05) is 42.1 Å². The summed E-state index contributed by atoms with van der Waals surface area (Å²) in [7, 11) is -3.42. The quantitative estimate of drug-likeness (QED) is 0.347. The monoisotopic (exact) mass is 470 g/mol. The smallest absolute Gasteiger partial charge is 0.234 e. The number of hydrogen-bond donors (Lipinski definition) is 2. The fourth-order valence-electron chi connectivity index (χ4n) is 3.04. The Labute approximate surface area is 193 Å². The van der Waals surface area contributed by atoms with Crippen LogP contribution in [0.25, 0.3) is 5.69 Å². The van der Waals surface area contributed by atoms with E-state index in [9.17, 15) is 13.2 Å². The molecule has 168 valence electrons. The van der Waals surface area contributed by atoms with Crippen LogP contribution in [0.3, 0.4) is 0 Å². The number of thioether (sulfide) groups is 1. The highest BCUT2D eigenvalue weighted by Crippen LogP contribution is 2.24. The first-order valence-corrected chi connectivity index (χ1v) is 12.6. The van der Waals surface area contributed by atoms with Gasteiger partial charge in [0.25, 0.3) is 0 Å². The lowest BCUT2D eigenvalue weighted by Crippen LogP contribution is -2.25. The molecular weight excluding hydrogens is 444 g/mol. The summed E-state index contributed by atoms with van der Waals surface area (Å²) in [5.74, 6) is -0.103. The van der Waals surface area contributed by atoms with E-state index >= 15 is 0 Å². The van der Waals surface area contributed by atoms with Crippen LogP contribution in [0.2, 0.25) is 0 Å². The molecular formula is C23H26N4O3S2. The molecule has 0 saturated heterocycles. The summed E-state index contributed by atoms with van der Waals surface area (Å²) >= 11 is 1.35. The average molecular weight is 471 g/mol. The van der Waals surface area contributed by atoms with Crippen molar-refractivity contribution in [3.05, 3.63) is 84.2 Å². The number of nitrogens with zero attached hydrogens (tertiary/aromatic N) is 2. The summed E-state index contributed by atoms with van der Waals surface area (Å²) in [5.41, 5.74) is 4.63. The minimum atomic E-state index is -3.42. The molecule has 2 aromatic carbocycles. The van der Waals surface area contributed by atoms with Crippen LogP contribution in [-0.2, 0) is 20.6 Å². The van der Waals surface area contributed by atoms with E-state index in [1.807, 2.05) is 22.9 Å².